The molecular formula is C32H33ClN2O5. The van der Waals surface area contributed by atoms with E-state index in [2.05, 4.69) is 0 Å². The molecule has 0 radical (unpaired) electrons. The maximum Gasteiger partial charge on any atom is 0.254 e. The highest BCUT2D eigenvalue weighted by molar-refractivity contribution is 6.31. The van der Waals surface area contributed by atoms with Gasteiger partial charge in [0.05, 0.1) is 11.4 Å². The number of amides is 1. The monoisotopic (exact) mass is 560 g/mol. The third-order valence-electron chi connectivity index (χ3n) is 7.09. The van der Waals surface area contributed by atoms with Crippen LogP contribution < -0.4 is 20.6 Å². The van der Waals surface area contributed by atoms with Crippen molar-refractivity contribution in [3.05, 3.63) is 104 Å². The number of hydrogen-bond acceptors (Lipinski definition) is 6. The zero-order valence-electron chi connectivity index (χ0n) is 22.7. The SMILES string of the molecule is CC(C)C(c1oc2cc(Cl)ccc2c(=O)c1Cc1ccccc1)N(CCCN)C(=O)c1ccc2c(c1)OCCO2. The second-order valence-corrected chi connectivity index (χ2v) is 10.7. The van der Waals surface area contributed by atoms with Gasteiger partial charge in [-0.25, -0.2) is 0 Å². The zero-order chi connectivity index (χ0) is 28.2. The highest BCUT2D eigenvalue weighted by Gasteiger charge is 2.34. The van der Waals surface area contributed by atoms with Crippen LogP contribution in [-0.2, 0) is 6.42 Å². The first-order valence-electron chi connectivity index (χ1n) is 13.6. The molecule has 1 aromatic heterocycles. The summed E-state index contributed by atoms with van der Waals surface area (Å²) in [7, 11) is 0. The van der Waals surface area contributed by atoms with E-state index < -0.39 is 6.04 Å². The molecule has 208 valence electrons. The minimum absolute atomic E-state index is 0.0896. The average Bonchev–Trinajstić information content (AvgIpc) is 2.96. The molecule has 0 fully saturated rings. The van der Waals surface area contributed by atoms with E-state index in [0.29, 0.717) is 83.5 Å². The molecule has 1 atom stereocenters. The number of halogens is 1. The van der Waals surface area contributed by atoms with Gasteiger partial charge in [-0.15, -0.1) is 0 Å². The van der Waals surface area contributed by atoms with Crippen LogP contribution >= 0.6 is 11.6 Å². The van der Waals surface area contributed by atoms with Crippen molar-refractivity contribution in [1.82, 2.24) is 4.90 Å². The summed E-state index contributed by atoms with van der Waals surface area (Å²) < 4.78 is 17.9. The summed E-state index contributed by atoms with van der Waals surface area (Å²) in [6.07, 6.45) is 0.945. The van der Waals surface area contributed by atoms with Crippen molar-refractivity contribution in [1.29, 1.82) is 0 Å². The molecule has 3 aromatic carbocycles. The highest BCUT2D eigenvalue weighted by atomic mass is 35.5. The maximum atomic E-state index is 14.2. The minimum atomic E-state index is -0.540. The van der Waals surface area contributed by atoms with Crippen molar-refractivity contribution in [2.45, 2.75) is 32.7 Å². The lowest BCUT2D eigenvalue weighted by Gasteiger charge is -2.35. The second-order valence-electron chi connectivity index (χ2n) is 10.3. The smallest absolute Gasteiger partial charge is 0.254 e. The first-order chi connectivity index (χ1) is 19.4. The van der Waals surface area contributed by atoms with Gasteiger partial charge in [0.2, 0.25) is 0 Å². The number of carbonyl (C=O) groups is 1. The van der Waals surface area contributed by atoms with Crippen molar-refractivity contribution < 1.29 is 18.7 Å². The van der Waals surface area contributed by atoms with Crippen molar-refractivity contribution in [2.75, 3.05) is 26.3 Å². The molecule has 0 saturated heterocycles. The van der Waals surface area contributed by atoms with Gasteiger partial charge in [0.15, 0.2) is 16.9 Å². The fourth-order valence-corrected chi connectivity index (χ4v) is 5.37. The van der Waals surface area contributed by atoms with Crippen molar-refractivity contribution >= 4 is 28.5 Å². The first kappa shape index (κ1) is 27.7. The molecular weight excluding hydrogens is 528 g/mol. The van der Waals surface area contributed by atoms with Crippen LogP contribution in [0.1, 0.15) is 53.6 Å². The van der Waals surface area contributed by atoms with Gasteiger partial charge in [-0.05, 0) is 54.8 Å². The number of rotatable bonds is 9. The van der Waals surface area contributed by atoms with Gasteiger partial charge in [-0.1, -0.05) is 55.8 Å². The van der Waals surface area contributed by atoms with Gasteiger partial charge in [0, 0.05) is 35.2 Å². The molecule has 1 aliphatic rings. The largest absolute Gasteiger partial charge is 0.486 e. The molecule has 8 heteroatoms. The lowest BCUT2D eigenvalue weighted by molar-refractivity contribution is 0.0586. The third kappa shape index (κ3) is 5.71. The number of nitrogens with zero attached hydrogens (tertiary/aromatic N) is 1. The fourth-order valence-electron chi connectivity index (χ4n) is 5.20. The van der Waals surface area contributed by atoms with Crippen LogP contribution in [0.15, 0.2) is 75.9 Å². The van der Waals surface area contributed by atoms with Crippen molar-refractivity contribution in [2.24, 2.45) is 11.7 Å². The lowest BCUT2D eigenvalue weighted by atomic mass is 9.91. The van der Waals surface area contributed by atoms with Crippen LogP contribution in [0, 0.1) is 5.92 Å². The van der Waals surface area contributed by atoms with Crippen LogP contribution in [0.25, 0.3) is 11.0 Å². The Labute approximate surface area is 238 Å². The van der Waals surface area contributed by atoms with Gasteiger partial charge in [0.1, 0.15) is 24.6 Å². The van der Waals surface area contributed by atoms with E-state index in [1.807, 2.05) is 44.2 Å². The zero-order valence-corrected chi connectivity index (χ0v) is 23.4. The summed E-state index contributed by atoms with van der Waals surface area (Å²) in [5.74, 6) is 1.31. The van der Waals surface area contributed by atoms with E-state index in [-0.39, 0.29) is 17.3 Å². The van der Waals surface area contributed by atoms with E-state index >= 15 is 0 Å². The summed E-state index contributed by atoms with van der Waals surface area (Å²) in [5.41, 5.74) is 8.12. The molecule has 5 rings (SSSR count). The Morgan fingerprint density at radius 3 is 2.48 bits per heavy atom. The van der Waals surface area contributed by atoms with Gasteiger partial charge in [-0.3, -0.25) is 9.59 Å². The number of nitrogens with two attached hydrogens (primary N) is 1. The van der Waals surface area contributed by atoms with Gasteiger partial charge < -0.3 is 24.5 Å². The number of fused-ring (bicyclic) bond motifs is 2. The van der Waals surface area contributed by atoms with Crippen molar-refractivity contribution in [3.63, 3.8) is 0 Å². The number of carbonyl (C=O) groups excluding carboxylic acids is 1. The summed E-state index contributed by atoms with van der Waals surface area (Å²) in [6.45, 7) is 5.72. The standard InChI is InChI=1S/C32H33ClN2O5/c1-20(2)29(35(14-6-13-34)32(37)22-9-12-26-28(18-22)39-16-15-38-26)31-25(17-21-7-4-3-5-8-21)30(36)24-11-10-23(33)19-27(24)40-31/h3-5,7-12,18-20,29H,6,13-17,34H2,1-2H3. The second kappa shape index (κ2) is 12.1. The Morgan fingerprint density at radius 2 is 1.75 bits per heavy atom. The van der Waals surface area contributed by atoms with E-state index in [1.54, 1.807) is 41.3 Å². The maximum absolute atomic E-state index is 14.2. The Hall–Kier alpha value is -3.81. The normalized spacial score (nSPS) is 13.4. The summed E-state index contributed by atoms with van der Waals surface area (Å²) in [5, 5.41) is 0.916. The molecule has 2 N–H and O–H groups in total. The molecule has 1 aliphatic heterocycles. The Bertz CT molecular complexity index is 1570. The Morgan fingerprint density at radius 1 is 1.00 bits per heavy atom. The van der Waals surface area contributed by atoms with Crippen LogP contribution in [0.5, 0.6) is 11.5 Å². The number of benzene rings is 3. The molecule has 0 spiro atoms. The molecule has 40 heavy (non-hydrogen) atoms. The molecule has 1 unspecified atom stereocenters. The summed E-state index contributed by atoms with van der Waals surface area (Å²) in [4.78, 5) is 29.9. The Balaban J connectivity index is 1.67. The van der Waals surface area contributed by atoms with E-state index in [0.717, 1.165) is 5.56 Å². The summed E-state index contributed by atoms with van der Waals surface area (Å²) >= 11 is 6.29. The minimum Gasteiger partial charge on any atom is -0.486 e. The van der Waals surface area contributed by atoms with Crippen LogP contribution in [0.2, 0.25) is 5.02 Å². The van der Waals surface area contributed by atoms with Gasteiger partial charge in [0.25, 0.3) is 5.91 Å². The van der Waals surface area contributed by atoms with Crippen molar-refractivity contribution in [3.8, 4) is 11.5 Å². The van der Waals surface area contributed by atoms with E-state index in [1.165, 1.54) is 0 Å². The molecule has 0 bridgehead atoms. The third-order valence-corrected chi connectivity index (χ3v) is 7.33. The number of ether oxygens (including phenoxy) is 2. The fraction of sp³-hybridized carbons (Fsp3) is 0.312. The van der Waals surface area contributed by atoms with Crippen LogP contribution in [0.3, 0.4) is 0 Å². The summed E-state index contributed by atoms with van der Waals surface area (Å²) in [6, 6.07) is 19.5. The predicted molar refractivity (Wildman–Crippen MR) is 156 cm³/mol. The van der Waals surface area contributed by atoms with Crippen LogP contribution in [-0.4, -0.2) is 37.1 Å². The van der Waals surface area contributed by atoms with Crippen LogP contribution in [0.4, 0.5) is 0 Å². The molecule has 4 aromatic rings. The van der Waals surface area contributed by atoms with Gasteiger partial charge in [-0.2, -0.15) is 0 Å². The number of hydrogen-bond donors (Lipinski definition) is 1. The van der Waals surface area contributed by atoms with Gasteiger partial charge >= 0.3 is 0 Å². The Kier molecular flexibility index (Phi) is 8.43. The first-order valence-corrected chi connectivity index (χ1v) is 13.9. The average molecular weight is 561 g/mol. The molecule has 1 amide bonds. The van der Waals surface area contributed by atoms with E-state index in [9.17, 15) is 9.59 Å². The highest BCUT2D eigenvalue weighted by Crippen LogP contribution is 2.36. The lowest BCUT2D eigenvalue weighted by Crippen LogP contribution is -2.40. The molecule has 7 nitrogen and oxygen atoms in total. The predicted octanol–water partition coefficient (Wildman–Crippen LogP) is 6.00. The topological polar surface area (TPSA) is 95.0 Å². The van der Waals surface area contributed by atoms with E-state index in [4.69, 9.17) is 31.2 Å². The molecule has 0 saturated carbocycles. The molecule has 2 heterocycles. The molecule has 0 aliphatic carbocycles. The quantitative estimate of drug-likeness (QED) is 0.270.